The van der Waals surface area contributed by atoms with Crippen LogP contribution in [-0.4, -0.2) is 9.97 Å². The lowest BCUT2D eigenvalue weighted by Crippen LogP contribution is -2.02. The van der Waals surface area contributed by atoms with Crippen LogP contribution in [0.25, 0.3) is 11.0 Å². The van der Waals surface area contributed by atoms with E-state index in [0.29, 0.717) is 16.9 Å². The number of nitrogens with two attached hydrogens (primary N) is 1. The summed E-state index contributed by atoms with van der Waals surface area (Å²) in [4.78, 5) is 7.68. The number of nitrogens with zero attached hydrogens (tertiary/aromatic N) is 1. The average molecular weight is 287 g/mol. The fraction of sp³-hybridized carbons (Fsp3) is 0.133. The van der Waals surface area contributed by atoms with Crippen LogP contribution < -0.4 is 5.73 Å². The first kappa shape index (κ1) is 13.1. The van der Waals surface area contributed by atoms with Gasteiger partial charge in [0.1, 0.15) is 5.82 Å². The van der Waals surface area contributed by atoms with E-state index in [4.69, 9.17) is 5.73 Å². The summed E-state index contributed by atoms with van der Waals surface area (Å²) in [7, 11) is 0. The topological polar surface area (TPSA) is 54.7 Å². The van der Waals surface area contributed by atoms with E-state index < -0.39 is 0 Å². The first-order valence-electron chi connectivity index (χ1n) is 6.32. The van der Waals surface area contributed by atoms with Crippen LogP contribution in [0.4, 0.5) is 4.39 Å². The molecule has 0 fully saturated rings. The Bertz CT molecular complexity index is 706. The quantitative estimate of drug-likeness (QED) is 0.723. The maximum absolute atomic E-state index is 14.1. The van der Waals surface area contributed by atoms with Crippen molar-refractivity contribution in [1.29, 1.82) is 0 Å². The van der Waals surface area contributed by atoms with Crippen LogP contribution in [0.1, 0.15) is 11.1 Å². The number of aromatic nitrogens is 2. The van der Waals surface area contributed by atoms with E-state index in [1.54, 1.807) is 12.1 Å². The lowest BCUT2D eigenvalue weighted by molar-refractivity contribution is 0.600. The van der Waals surface area contributed by atoms with Crippen LogP contribution in [-0.2, 0) is 12.3 Å². The van der Waals surface area contributed by atoms with E-state index in [2.05, 4.69) is 9.97 Å². The van der Waals surface area contributed by atoms with Crippen molar-refractivity contribution >= 4 is 22.8 Å². The molecule has 20 heavy (non-hydrogen) atoms. The molecular formula is C15H14FN3S. The van der Waals surface area contributed by atoms with Gasteiger partial charge >= 0.3 is 0 Å². The summed E-state index contributed by atoms with van der Waals surface area (Å²) >= 11 is 1.49. The molecule has 2 aromatic carbocycles. The van der Waals surface area contributed by atoms with E-state index in [1.807, 2.05) is 30.3 Å². The first-order chi connectivity index (χ1) is 9.78. The third-order valence-corrected chi connectivity index (χ3v) is 4.03. The molecule has 0 aliphatic heterocycles. The van der Waals surface area contributed by atoms with Crippen LogP contribution in [0.15, 0.2) is 47.6 Å². The van der Waals surface area contributed by atoms with Gasteiger partial charge in [0.15, 0.2) is 5.16 Å². The van der Waals surface area contributed by atoms with Gasteiger partial charge in [-0.05, 0) is 17.7 Å². The fourth-order valence-electron chi connectivity index (χ4n) is 2.05. The molecule has 3 N–H and O–H groups in total. The third-order valence-electron chi connectivity index (χ3n) is 3.11. The molecule has 1 aromatic heterocycles. The minimum absolute atomic E-state index is 0.210. The van der Waals surface area contributed by atoms with Crippen LogP contribution in [0.5, 0.6) is 0 Å². The number of aromatic amines is 1. The molecule has 0 saturated carbocycles. The second kappa shape index (κ2) is 5.64. The highest BCUT2D eigenvalue weighted by molar-refractivity contribution is 7.98. The highest BCUT2D eigenvalue weighted by Gasteiger charge is 2.09. The average Bonchev–Trinajstić information content (AvgIpc) is 2.89. The summed E-state index contributed by atoms with van der Waals surface area (Å²) in [5, 5.41) is 0.795. The maximum atomic E-state index is 14.1. The molecule has 0 amide bonds. The Labute approximate surface area is 120 Å². The van der Waals surface area contributed by atoms with Crippen molar-refractivity contribution in [2.45, 2.75) is 17.5 Å². The van der Waals surface area contributed by atoms with Gasteiger partial charge in [0.05, 0.1) is 11.0 Å². The third kappa shape index (κ3) is 2.55. The van der Waals surface area contributed by atoms with E-state index in [-0.39, 0.29) is 12.4 Å². The van der Waals surface area contributed by atoms with E-state index in [0.717, 1.165) is 16.2 Å². The van der Waals surface area contributed by atoms with Gasteiger partial charge in [-0.2, -0.15) is 0 Å². The van der Waals surface area contributed by atoms with E-state index in [9.17, 15) is 4.39 Å². The molecule has 0 bridgehead atoms. The maximum Gasteiger partial charge on any atom is 0.166 e. The van der Waals surface area contributed by atoms with Gasteiger partial charge < -0.3 is 10.7 Å². The van der Waals surface area contributed by atoms with Crippen molar-refractivity contribution in [2.24, 2.45) is 5.73 Å². The first-order valence-corrected chi connectivity index (χ1v) is 7.30. The lowest BCUT2D eigenvalue weighted by atomic mass is 10.1. The molecule has 5 heteroatoms. The molecule has 102 valence electrons. The Morgan fingerprint density at radius 2 is 1.90 bits per heavy atom. The summed E-state index contributed by atoms with van der Waals surface area (Å²) in [6, 6.07) is 13.2. The number of thioether (sulfide) groups is 1. The summed E-state index contributed by atoms with van der Waals surface area (Å²) < 4.78 is 14.1. The van der Waals surface area contributed by atoms with Crippen molar-refractivity contribution in [1.82, 2.24) is 9.97 Å². The fourth-order valence-corrected chi connectivity index (χ4v) is 2.91. The predicted molar refractivity (Wildman–Crippen MR) is 79.9 cm³/mol. The van der Waals surface area contributed by atoms with Gasteiger partial charge in [-0.1, -0.05) is 42.1 Å². The Hall–Kier alpha value is -1.85. The molecule has 0 atom stereocenters. The van der Waals surface area contributed by atoms with Gasteiger partial charge in [-0.3, -0.25) is 0 Å². The Kier molecular flexibility index (Phi) is 3.71. The van der Waals surface area contributed by atoms with Gasteiger partial charge in [-0.15, -0.1) is 0 Å². The summed E-state index contributed by atoms with van der Waals surface area (Å²) in [5.74, 6) is 0.318. The zero-order valence-electron chi connectivity index (χ0n) is 10.8. The van der Waals surface area contributed by atoms with Gasteiger partial charge in [0.25, 0.3) is 0 Å². The molecule has 3 nitrogen and oxygen atoms in total. The smallest absolute Gasteiger partial charge is 0.166 e. The van der Waals surface area contributed by atoms with Gasteiger partial charge in [0.2, 0.25) is 0 Å². The van der Waals surface area contributed by atoms with Crippen molar-refractivity contribution in [3.63, 3.8) is 0 Å². The predicted octanol–water partition coefficient (Wildman–Crippen LogP) is 3.45. The number of para-hydroxylation sites is 2. The number of H-pyrrole nitrogens is 1. The normalized spacial score (nSPS) is 11.1. The molecule has 3 aromatic rings. The highest BCUT2D eigenvalue weighted by atomic mass is 32.2. The van der Waals surface area contributed by atoms with Crippen molar-refractivity contribution < 1.29 is 4.39 Å². The Morgan fingerprint density at radius 1 is 1.10 bits per heavy atom. The Balaban J connectivity index is 1.79. The van der Waals surface area contributed by atoms with Crippen LogP contribution in [0, 0.1) is 5.82 Å². The summed E-state index contributed by atoms with van der Waals surface area (Å²) in [6.07, 6.45) is 0. The number of imidazole rings is 1. The van der Waals surface area contributed by atoms with E-state index >= 15 is 0 Å². The number of nitrogens with one attached hydrogen (secondary N) is 1. The van der Waals surface area contributed by atoms with Gasteiger partial charge in [0, 0.05) is 17.9 Å². The molecule has 0 unspecified atom stereocenters. The summed E-state index contributed by atoms with van der Waals surface area (Å²) in [5.41, 5.74) is 8.63. The molecule has 0 radical (unpaired) electrons. The largest absolute Gasteiger partial charge is 0.333 e. The molecule has 0 aliphatic carbocycles. The van der Waals surface area contributed by atoms with Crippen molar-refractivity contribution in [3.8, 4) is 0 Å². The van der Waals surface area contributed by atoms with Crippen molar-refractivity contribution in [2.75, 3.05) is 0 Å². The number of fused-ring (bicyclic) bond motifs is 1. The zero-order valence-corrected chi connectivity index (χ0v) is 11.6. The zero-order chi connectivity index (χ0) is 13.9. The minimum Gasteiger partial charge on any atom is -0.333 e. The molecular weight excluding hydrogens is 273 g/mol. The minimum atomic E-state index is -0.210. The second-order valence-electron chi connectivity index (χ2n) is 4.44. The molecule has 0 saturated heterocycles. The summed E-state index contributed by atoms with van der Waals surface area (Å²) in [6.45, 7) is 0.217. The highest BCUT2D eigenvalue weighted by Crippen LogP contribution is 2.25. The van der Waals surface area contributed by atoms with Gasteiger partial charge in [-0.25, -0.2) is 9.37 Å². The van der Waals surface area contributed by atoms with Crippen molar-refractivity contribution in [3.05, 3.63) is 59.4 Å². The molecule has 1 heterocycles. The number of rotatable bonds is 4. The standard InChI is InChI=1S/C15H14FN3S/c16-14-10(8-17)4-3-5-11(14)9-20-15-18-12-6-1-2-7-13(12)19-15/h1-7H,8-9,17H2,(H,18,19). The number of benzene rings is 2. The monoisotopic (exact) mass is 287 g/mol. The van der Waals surface area contributed by atoms with Crippen LogP contribution in [0.3, 0.4) is 0 Å². The Morgan fingerprint density at radius 3 is 2.70 bits per heavy atom. The molecule has 0 spiro atoms. The second-order valence-corrected chi connectivity index (χ2v) is 5.41. The lowest BCUT2D eigenvalue weighted by Gasteiger charge is -2.05. The van der Waals surface area contributed by atoms with Crippen LogP contribution in [0.2, 0.25) is 0 Å². The number of hydrogen-bond acceptors (Lipinski definition) is 3. The van der Waals surface area contributed by atoms with E-state index in [1.165, 1.54) is 11.8 Å². The molecule has 0 aliphatic rings. The molecule has 3 rings (SSSR count). The number of hydrogen-bond donors (Lipinski definition) is 2. The van der Waals surface area contributed by atoms with Crippen LogP contribution >= 0.6 is 11.8 Å². The SMILES string of the molecule is NCc1cccc(CSc2nc3ccccc3[nH]2)c1F. The number of halogens is 1.